The summed E-state index contributed by atoms with van der Waals surface area (Å²) in [5.41, 5.74) is 2.80. The van der Waals surface area contributed by atoms with E-state index in [1.165, 1.54) is 11.3 Å². The minimum Gasteiger partial charge on any atom is -0.289 e. The van der Waals surface area contributed by atoms with Crippen LogP contribution in [0.15, 0.2) is 127 Å². The molecule has 0 fully saturated rings. The van der Waals surface area contributed by atoms with Gasteiger partial charge in [-0.3, -0.25) is 9.69 Å². The van der Waals surface area contributed by atoms with Crippen LogP contribution in [0, 0.1) is 22.7 Å². The van der Waals surface area contributed by atoms with E-state index in [1.54, 1.807) is 6.20 Å². The maximum absolute atomic E-state index is 14.3. The second kappa shape index (κ2) is 10.3. The number of pyridine rings is 1. The molecule has 196 valence electrons. The first-order valence-electron chi connectivity index (χ1n) is 13.3. The Balaban J connectivity index is 1.44. The van der Waals surface area contributed by atoms with Crippen molar-refractivity contribution >= 4 is 66.8 Å². The normalized spacial score (nSPS) is 13.2. The molecule has 0 saturated heterocycles. The highest BCUT2D eigenvalue weighted by Gasteiger charge is 2.36. The molecular weight excluding hydrogens is 536 g/mol. The highest BCUT2D eigenvalue weighted by molar-refractivity contribution is 7.17. The van der Waals surface area contributed by atoms with Gasteiger partial charge in [-0.05, 0) is 64.0 Å². The second-order valence-corrected chi connectivity index (χ2v) is 10.8. The maximum Gasteiger partial charge on any atom is 0.195 e. The van der Waals surface area contributed by atoms with E-state index >= 15 is 0 Å². The largest absolute Gasteiger partial charge is 0.289 e. The molecule has 1 aliphatic carbocycles. The molecule has 0 saturated carbocycles. The Morgan fingerprint density at radius 3 is 1.98 bits per heavy atom. The number of hydrogen-bond donors (Lipinski definition) is 0. The van der Waals surface area contributed by atoms with Crippen molar-refractivity contribution in [2.75, 3.05) is 4.90 Å². The molecule has 2 aromatic heterocycles. The predicted octanol–water partition coefficient (Wildman–Crippen LogP) is 9.00. The van der Waals surface area contributed by atoms with Crippen LogP contribution in [-0.4, -0.2) is 10.8 Å². The van der Waals surface area contributed by atoms with Crippen molar-refractivity contribution in [1.82, 2.24) is 4.98 Å². The Kier molecular flexibility index (Phi) is 6.17. The molecule has 0 atom stereocenters. The van der Waals surface area contributed by atoms with Crippen LogP contribution in [0.25, 0.3) is 33.2 Å². The average molecular weight is 557 g/mol. The maximum atomic E-state index is 14.3. The first kappa shape index (κ1) is 25.2. The van der Waals surface area contributed by atoms with Crippen molar-refractivity contribution in [1.29, 1.82) is 10.5 Å². The van der Waals surface area contributed by atoms with Crippen LogP contribution in [0.4, 0.5) is 16.5 Å². The molecule has 0 N–H and O–H groups in total. The molecule has 2 heterocycles. The Morgan fingerprint density at radius 2 is 1.33 bits per heavy atom. The summed E-state index contributed by atoms with van der Waals surface area (Å²) in [6.45, 7) is 0. The lowest BCUT2D eigenvalue weighted by Gasteiger charge is -2.22. The molecule has 5 nitrogen and oxygen atoms in total. The molecule has 0 amide bonds. The van der Waals surface area contributed by atoms with E-state index < -0.39 is 0 Å². The van der Waals surface area contributed by atoms with Crippen LogP contribution in [-0.2, 0) is 0 Å². The van der Waals surface area contributed by atoms with Gasteiger partial charge in [-0.2, -0.15) is 10.5 Å². The van der Waals surface area contributed by atoms with Gasteiger partial charge >= 0.3 is 0 Å². The van der Waals surface area contributed by atoms with Gasteiger partial charge in [0.15, 0.2) is 5.78 Å². The number of allylic oxidation sites excluding steroid dienone is 3. The molecule has 4 aromatic carbocycles. The summed E-state index contributed by atoms with van der Waals surface area (Å²) < 4.78 is 0. The molecule has 0 radical (unpaired) electrons. The number of fused-ring (bicyclic) bond motifs is 6. The first-order valence-corrected chi connectivity index (χ1v) is 14.1. The second-order valence-electron chi connectivity index (χ2n) is 9.74. The van der Waals surface area contributed by atoms with Crippen molar-refractivity contribution in [3.05, 3.63) is 143 Å². The molecule has 0 spiro atoms. The number of anilines is 3. The van der Waals surface area contributed by atoms with Crippen LogP contribution in [0.2, 0.25) is 0 Å². The number of aromatic nitrogens is 1. The van der Waals surface area contributed by atoms with Crippen LogP contribution in [0.1, 0.15) is 20.8 Å². The third kappa shape index (κ3) is 3.98. The molecule has 0 bridgehead atoms. The number of benzene rings is 4. The predicted molar refractivity (Wildman–Crippen MR) is 169 cm³/mol. The quantitative estimate of drug-likeness (QED) is 0.123. The summed E-state index contributed by atoms with van der Waals surface area (Å²) in [4.78, 5) is 21.7. The SMILES string of the molecule is N#CC(C#N)=C1/C(=C\c2ccc(N(c3ccccc3)c3ccccn3)s2)C(=O)c2c1c1ccccc1c1ccccc21. The summed E-state index contributed by atoms with van der Waals surface area (Å²) in [6, 6.07) is 39.5. The lowest BCUT2D eigenvalue weighted by Crippen LogP contribution is -2.09. The van der Waals surface area contributed by atoms with Gasteiger partial charge in [0.2, 0.25) is 0 Å². The van der Waals surface area contributed by atoms with Gasteiger partial charge in [0.25, 0.3) is 0 Å². The van der Waals surface area contributed by atoms with Gasteiger partial charge in [0, 0.05) is 39.0 Å². The van der Waals surface area contributed by atoms with Crippen molar-refractivity contribution in [2.45, 2.75) is 0 Å². The van der Waals surface area contributed by atoms with Gasteiger partial charge in [0.1, 0.15) is 28.5 Å². The van der Waals surface area contributed by atoms with E-state index in [2.05, 4.69) is 22.0 Å². The van der Waals surface area contributed by atoms with E-state index in [0.717, 1.165) is 42.9 Å². The number of nitrogens with zero attached hydrogens (tertiary/aromatic N) is 4. The minimum atomic E-state index is -0.190. The van der Waals surface area contributed by atoms with E-state index in [4.69, 9.17) is 0 Å². The third-order valence-corrected chi connectivity index (χ3v) is 8.43. The molecule has 1 aliphatic rings. The van der Waals surface area contributed by atoms with Crippen LogP contribution in [0.3, 0.4) is 0 Å². The van der Waals surface area contributed by atoms with Crippen molar-refractivity contribution < 1.29 is 4.79 Å². The molecule has 0 aliphatic heterocycles. The minimum absolute atomic E-state index is 0.0787. The summed E-state index contributed by atoms with van der Waals surface area (Å²) in [5.74, 6) is 0.577. The van der Waals surface area contributed by atoms with E-state index in [9.17, 15) is 15.3 Å². The summed E-state index contributed by atoms with van der Waals surface area (Å²) in [7, 11) is 0. The number of rotatable bonds is 4. The fourth-order valence-corrected chi connectivity index (χ4v) is 6.65. The Labute approximate surface area is 246 Å². The molecular formula is C36H20N4OS. The number of carbonyl (C=O) groups is 1. The monoisotopic (exact) mass is 556 g/mol. The van der Waals surface area contributed by atoms with Crippen molar-refractivity contribution in [3.63, 3.8) is 0 Å². The molecule has 6 aromatic rings. The number of ketones is 1. The number of thiophene rings is 1. The molecule has 7 rings (SSSR count). The summed E-state index contributed by atoms with van der Waals surface area (Å²) >= 11 is 1.50. The van der Waals surface area contributed by atoms with Gasteiger partial charge in [-0.25, -0.2) is 4.98 Å². The highest BCUT2D eigenvalue weighted by Crippen LogP contribution is 2.48. The highest BCUT2D eigenvalue weighted by atomic mass is 32.1. The number of carbonyl (C=O) groups excluding carboxylic acids is 1. The average Bonchev–Trinajstić information content (AvgIpc) is 3.62. The fourth-order valence-electron chi connectivity index (χ4n) is 5.67. The zero-order chi connectivity index (χ0) is 28.6. The van der Waals surface area contributed by atoms with Gasteiger partial charge < -0.3 is 0 Å². The van der Waals surface area contributed by atoms with Gasteiger partial charge in [0.05, 0.1) is 0 Å². The Morgan fingerprint density at radius 1 is 0.714 bits per heavy atom. The molecule has 6 heteroatoms. The number of hydrogen-bond acceptors (Lipinski definition) is 6. The van der Waals surface area contributed by atoms with Crippen LogP contribution in [0.5, 0.6) is 0 Å². The standard InChI is InChI=1S/C36H20N4OS/c37-21-23(22-38)33-30(36(41)35-29-15-7-5-13-27(29)26-12-4-6-14-28(26)34(33)35)20-25-17-18-32(42-25)40(24-10-2-1-3-11-24)31-16-8-9-19-39-31/h1-20H/b30-20+. The zero-order valence-electron chi connectivity index (χ0n) is 22.2. The summed E-state index contributed by atoms with van der Waals surface area (Å²) in [6.07, 6.45) is 3.57. The van der Waals surface area contributed by atoms with E-state index in [0.29, 0.717) is 22.3 Å². The zero-order valence-corrected chi connectivity index (χ0v) is 23.0. The summed E-state index contributed by atoms with van der Waals surface area (Å²) in [5, 5.41) is 24.5. The first-order chi connectivity index (χ1) is 20.7. The molecule has 42 heavy (non-hydrogen) atoms. The third-order valence-electron chi connectivity index (χ3n) is 7.41. The Bertz CT molecular complexity index is 2130. The number of para-hydroxylation sites is 1. The van der Waals surface area contributed by atoms with Crippen LogP contribution < -0.4 is 4.90 Å². The van der Waals surface area contributed by atoms with Gasteiger partial charge in [-0.15, -0.1) is 11.3 Å². The topological polar surface area (TPSA) is 80.8 Å². The molecule has 0 unspecified atom stereocenters. The van der Waals surface area contributed by atoms with Crippen molar-refractivity contribution in [3.8, 4) is 12.1 Å². The van der Waals surface area contributed by atoms with E-state index in [1.807, 2.05) is 115 Å². The van der Waals surface area contributed by atoms with Crippen molar-refractivity contribution in [2.24, 2.45) is 0 Å². The van der Waals surface area contributed by atoms with E-state index in [-0.39, 0.29) is 11.4 Å². The van der Waals surface area contributed by atoms with Gasteiger partial charge in [-0.1, -0.05) is 72.8 Å². The fraction of sp³-hybridized carbons (Fsp3) is 0. The Hall–Kier alpha value is -5.82. The lowest BCUT2D eigenvalue weighted by atomic mass is 9.90. The van der Waals surface area contributed by atoms with Crippen LogP contribution >= 0.6 is 11.3 Å². The smallest absolute Gasteiger partial charge is 0.195 e. The number of Topliss-reactive ketones (excluding diaryl/α,β-unsaturated/α-hetero) is 1. The number of nitriles is 2. The lowest BCUT2D eigenvalue weighted by molar-refractivity contribution is 0.104.